The van der Waals surface area contributed by atoms with Crippen LogP contribution in [0.15, 0.2) is 10.6 Å². The zero-order valence-corrected chi connectivity index (χ0v) is 14.2. The Morgan fingerprint density at radius 2 is 2.18 bits per heavy atom. The van der Waals surface area contributed by atoms with Crippen molar-refractivity contribution in [1.82, 2.24) is 14.8 Å². The Kier molecular flexibility index (Phi) is 4.91. The zero-order valence-electron chi connectivity index (χ0n) is 13.4. The third-order valence-electron chi connectivity index (χ3n) is 3.94. The molecule has 0 radical (unpaired) electrons. The summed E-state index contributed by atoms with van der Waals surface area (Å²) in [7, 11) is -3.30. The number of hydrogen-bond acceptors (Lipinski definition) is 5. The number of nitrogens with one attached hydrogen (secondary N) is 1. The third-order valence-corrected chi connectivity index (χ3v) is 4.67. The second-order valence-electron chi connectivity index (χ2n) is 6.31. The highest BCUT2D eigenvalue weighted by Crippen LogP contribution is 2.25. The zero-order chi connectivity index (χ0) is 16.5. The lowest BCUT2D eigenvalue weighted by Gasteiger charge is -2.21. The molecule has 0 aromatic carbocycles. The smallest absolute Gasteiger partial charge is 0.230 e. The van der Waals surface area contributed by atoms with Crippen molar-refractivity contribution in [2.24, 2.45) is 11.8 Å². The van der Waals surface area contributed by atoms with Crippen LogP contribution in [0.2, 0.25) is 0 Å². The molecule has 1 aliphatic heterocycles. The molecule has 1 saturated heterocycles. The van der Waals surface area contributed by atoms with Gasteiger partial charge in [-0.2, -0.15) is 0 Å². The highest BCUT2D eigenvalue weighted by molar-refractivity contribution is 7.88. The molecule has 1 N–H and O–H groups in total. The van der Waals surface area contributed by atoms with E-state index in [0.29, 0.717) is 18.8 Å². The maximum absolute atomic E-state index is 12.4. The Hall–Kier alpha value is -1.41. The molecule has 2 heterocycles. The normalized spacial score (nSPS) is 22.5. The van der Waals surface area contributed by atoms with Crippen molar-refractivity contribution >= 4 is 15.9 Å². The Balaban J connectivity index is 2.04. The Morgan fingerprint density at radius 1 is 1.50 bits per heavy atom. The largest absolute Gasteiger partial charge is 0.361 e. The molecule has 1 fully saturated rings. The van der Waals surface area contributed by atoms with Crippen LogP contribution in [-0.4, -0.2) is 49.8 Å². The highest BCUT2D eigenvalue weighted by atomic mass is 32.2. The molecule has 7 nitrogen and oxygen atoms in total. The molecule has 2 atom stereocenters. The fourth-order valence-electron chi connectivity index (χ4n) is 2.87. The SMILES string of the molecule is Cc1cc(CC(=O)N2C[C@H](NS(C)(=O)=O)[C@@H](C(C)C)C2)on1. The van der Waals surface area contributed by atoms with Gasteiger partial charge in [0.25, 0.3) is 0 Å². The molecule has 8 heteroatoms. The molecule has 2 rings (SSSR count). The van der Waals surface area contributed by atoms with E-state index in [-0.39, 0.29) is 30.2 Å². The van der Waals surface area contributed by atoms with Crippen LogP contribution in [0.4, 0.5) is 0 Å². The van der Waals surface area contributed by atoms with Gasteiger partial charge in [-0.05, 0) is 18.8 Å². The third kappa shape index (κ3) is 4.30. The number of carbonyl (C=O) groups is 1. The maximum atomic E-state index is 12.4. The summed E-state index contributed by atoms with van der Waals surface area (Å²) < 4.78 is 30.7. The fraction of sp³-hybridized carbons (Fsp3) is 0.714. The summed E-state index contributed by atoms with van der Waals surface area (Å²) in [4.78, 5) is 14.1. The van der Waals surface area contributed by atoms with Crippen LogP contribution in [0.5, 0.6) is 0 Å². The average molecular weight is 329 g/mol. The van der Waals surface area contributed by atoms with Crippen LogP contribution in [0.1, 0.15) is 25.3 Å². The second-order valence-corrected chi connectivity index (χ2v) is 8.09. The lowest BCUT2D eigenvalue weighted by atomic mass is 9.92. The van der Waals surface area contributed by atoms with Crippen molar-refractivity contribution in [3.8, 4) is 0 Å². The van der Waals surface area contributed by atoms with Gasteiger partial charge < -0.3 is 9.42 Å². The summed E-state index contributed by atoms with van der Waals surface area (Å²) in [6, 6.07) is 1.50. The standard InChI is InChI=1S/C14H23N3O4S/c1-9(2)12-7-17(8-13(12)16-22(4,19)20)14(18)6-11-5-10(3)15-21-11/h5,9,12-13,16H,6-8H2,1-4H3/t12-,13+/m1/s1. The molecule has 0 saturated carbocycles. The molecular weight excluding hydrogens is 306 g/mol. The van der Waals surface area contributed by atoms with E-state index in [0.717, 1.165) is 11.9 Å². The van der Waals surface area contributed by atoms with Crippen molar-refractivity contribution in [3.63, 3.8) is 0 Å². The molecule has 1 amide bonds. The van der Waals surface area contributed by atoms with Gasteiger partial charge in [0, 0.05) is 25.2 Å². The molecule has 1 aromatic heterocycles. The maximum Gasteiger partial charge on any atom is 0.230 e. The van der Waals surface area contributed by atoms with Crippen LogP contribution in [0, 0.1) is 18.8 Å². The first-order valence-electron chi connectivity index (χ1n) is 7.33. The molecule has 0 bridgehead atoms. The Bertz CT molecular complexity index is 638. The van der Waals surface area contributed by atoms with Crippen LogP contribution >= 0.6 is 0 Å². The number of amides is 1. The molecule has 0 unspecified atom stereocenters. The van der Waals surface area contributed by atoms with E-state index >= 15 is 0 Å². The van der Waals surface area contributed by atoms with Gasteiger partial charge in [0.15, 0.2) is 0 Å². The molecule has 1 aliphatic rings. The lowest BCUT2D eigenvalue weighted by molar-refractivity contribution is -0.130. The number of carbonyl (C=O) groups excluding carboxylic acids is 1. The minimum atomic E-state index is -3.30. The van der Waals surface area contributed by atoms with Gasteiger partial charge in [-0.25, -0.2) is 13.1 Å². The summed E-state index contributed by atoms with van der Waals surface area (Å²) in [5, 5.41) is 3.77. The highest BCUT2D eigenvalue weighted by Gasteiger charge is 2.38. The lowest BCUT2D eigenvalue weighted by Crippen LogP contribution is -2.41. The van der Waals surface area contributed by atoms with Crippen LogP contribution in [-0.2, 0) is 21.2 Å². The first-order valence-corrected chi connectivity index (χ1v) is 9.22. The first kappa shape index (κ1) is 17.0. The van der Waals surface area contributed by atoms with Gasteiger partial charge in [-0.15, -0.1) is 0 Å². The number of aromatic nitrogens is 1. The van der Waals surface area contributed by atoms with Crippen molar-refractivity contribution < 1.29 is 17.7 Å². The number of nitrogens with zero attached hydrogens (tertiary/aromatic N) is 2. The van der Waals surface area contributed by atoms with Gasteiger partial charge in [0.1, 0.15) is 5.76 Å². The van der Waals surface area contributed by atoms with E-state index in [9.17, 15) is 13.2 Å². The van der Waals surface area contributed by atoms with Crippen molar-refractivity contribution in [2.75, 3.05) is 19.3 Å². The van der Waals surface area contributed by atoms with Gasteiger partial charge in [-0.3, -0.25) is 4.79 Å². The van der Waals surface area contributed by atoms with Gasteiger partial charge in [0.05, 0.1) is 18.4 Å². The molecule has 0 spiro atoms. The average Bonchev–Trinajstić information content (AvgIpc) is 2.94. The second kappa shape index (κ2) is 6.37. The van der Waals surface area contributed by atoms with E-state index in [1.807, 2.05) is 13.8 Å². The number of hydrogen-bond donors (Lipinski definition) is 1. The number of likely N-dealkylation sites (tertiary alicyclic amines) is 1. The number of sulfonamides is 1. The minimum Gasteiger partial charge on any atom is -0.361 e. The molecule has 22 heavy (non-hydrogen) atoms. The number of aryl methyl sites for hydroxylation is 1. The van der Waals surface area contributed by atoms with Gasteiger partial charge in [-0.1, -0.05) is 19.0 Å². The topological polar surface area (TPSA) is 92.5 Å². The van der Waals surface area contributed by atoms with Crippen molar-refractivity contribution in [1.29, 1.82) is 0 Å². The quantitative estimate of drug-likeness (QED) is 0.852. The fourth-order valence-corrected chi connectivity index (χ4v) is 3.67. The summed E-state index contributed by atoms with van der Waals surface area (Å²) in [5.74, 6) is 0.849. The molecule has 1 aromatic rings. The van der Waals surface area contributed by atoms with Crippen LogP contribution < -0.4 is 4.72 Å². The van der Waals surface area contributed by atoms with E-state index in [1.54, 1.807) is 17.9 Å². The van der Waals surface area contributed by atoms with Gasteiger partial charge in [0.2, 0.25) is 15.9 Å². The summed E-state index contributed by atoms with van der Waals surface area (Å²) >= 11 is 0. The predicted octanol–water partition coefficient (Wildman–Crippen LogP) is 0.558. The van der Waals surface area contributed by atoms with Gasteiger partial charge >= 0.3 is 0 Å². The van der Waals surface area contributed by atoms with E-state index < -0.39 is 10.0 Å². The van der Waals surface area contributed by atoms with E-state index in [2.05, 4.69) is 9.88 Å². The van der Waals surface area contributed by atoms with Crippen molar-refractivity contribution in [2.45, 2.75) is 33.2 Å². The molecule has 124 valence electrons. The summed E-state index contributed by atoms with van der Waals surface area (Å²) in [6.45, 7) is 6.82. The minimum absolute atomic E-state index is 0.0698. The summed E-state index contributed by atoms with van der Waals surface area (Å²) in [6.07, 6.45) is 1.30. The Labute approximate surface area is 131 Å². The monoisotopic (exact) mass is 329 g/mol. The molecule has 0 aliphatic carbocycles. The molecular formula is C14H23N3O4S. The Morgan fingerprint density at radius 3 is 2.68 bits per heavy atom. The van der Waals surface area contributed by atoms with Crippen LogP contribution in [0.25, 0.3) is 0 Å². The number of rotatable bonds is 5. The van der Waals surface area contributed by atoms with E-state index in [1.165, 1.54) is 0 Å². The predicted molar refractivity (Wildman–Crippen MR) is 81.6 cm³/mol. The van der Waals surface area contributed by atoms with Crippen molar-refractivity contribution in [3.05, 3.63) is 17.5 Å². The summed E-state index contributed by atoms with van der Waals surface area (Å²) in [5.41, 5.74) is 0.737. The van der Waals surface area contributed by atoms with Crippen LogP contribution in [0.3, 0.4) is 0 Å². The first-order chi connectivity index (χ1) is 10.2. The van der Waals surface area contributed by atoms with E-state index in [4.69, 9.17) is 4.52 Å².